The molecule has 0 bridgehead atoms. The van der Waals surface area contributed by atoms with Crippen LogP contribution in [0.3, 0.4) is 0 Å². The first-order valence-corrected chi connectivity index (χ1v) is 12.5. The maximum Gasteiger partial charge on any atom is 0.475 e. The number of aromatic nitrogens is 2. The van der Waals surface area contributed by atoms with Gasteiger partial charge in [0.2, 0.25) is 5.91 Å². The van der Waals surface area contributed by atoms with Gasteiger partial charge >= 0.3 is 7.12 Å². The highest BCUT2D eigenvalue weighted by atomic mass is 16.4. The van der Waals surface area contributed by atoms with Crippen LogP contribution in [0.2, 0.25) is 0 Å². The van der Waals surface area contributed by atoms with Crippen LogP contribution >= 0.6 is 0 Å². The molecule has 3 amide bonds. The molecule has 0 fully saturated rings. The summed E-state index contributed by atoms with van der Waals surface area (Å²) < 4.78 is 1.62. The van der Waals surface area contributed by atoms with Crippen LogP contribution in [-0.2, 0) is 4.79 Å². The second-order valence-corrected chi connectivity index (χ2v) is 9.65. The Balaban J connectivity index is 1.79. The van der Waals surface area contributed by atoms with Crippen molar-refractivity contribution in [3.8, 4) is 5.69 Å². The Morgan fingerprint density at radius 1 is 0.947 bits per heavy atom. The molecule has 0 saturated carbocycles. The molecule has 11 heteroatoms. The molecular formula is C27H34BN5O5. The van der Waals surface area contributed by atoms with E-state index in [1.54, 1.807) is 35.9 Å². The van der Waals surface area contributed by atoms with E-state index in [4.69, 9.17) is 0 Å². The van der Waals surface area contributed by atoms with Crippen molar-refractivity contribution in [2.45, 2.75) is 46.1 Å². The van der Waals surface area contributed by atoms with E-state index < -0.39 is 36.8 Å². The second-order valence-electron chi connectivity index (χ2n) is 9.65. The fourth-order valence-corrected chi connectivity index (χ4v) is 3.96. The third kappa shape index (κ3) is 7.53. The van der Waals surface area contributed by atoms with Crippen molar-refractivity contribution < 1.29 is 24.4 Å². The van der Waals surface area contributed by atoms with Gasteiger partial charge in [-0.3, -0.25) is 14.4 Å². The van der Waals surface area contributed by atoms with Crippen LogP contribution in [0.15, 0.2) is 60.8 Å². The van der Waals surface area contributed by atoms with Gasteiger partial charge in [0.15, 0.2) is 0 Å². The van der Waals surface area contributed by atoms with Gasteiger partial charge in [-0.15, -0.1) is 0 Å². The number of hydrogen-bond acceptors (Lipinski definition) is 6. The molecule has 0 aliphatic heterocycles. The number of para-hydroxylation sites is 1. The maximum atomic E-state index is 13.2. The number of nitrogens with one attached hydrogen (secondary N) is 3. The molecule has 200 valence electrons. The molecule has 0 radical (unpaired) electrons. The normalized spacial score (nSPS) is 12.5. The summed E-state index contributed by atoms with van der Waals surface area (Å²) in [6.45, 7) is 7.20. The van der Waals surface area contributed by atoms with Gasteiger partial charge in [0.25, 0.3) is 11.8 Å². The number of amides is 3. The quantitative estimate of drug-likeness (QED) is 0.243. The maximum absolute atomic E-state index is 13.2. The molecule has 0 aliphatic rings. The highest BCUT2D eigenvalue weighted by molar-refractivity contribution is 6.43. The Hall–Kier alpha value is -3.96. The summed E-state index contributed by atoms with van der Waals surface area (Å²) >= 11 is 0. The highest BCUT2D eigenvalue weighted by Crippen LogP contribution is 2.14. The molecular weight excluding hydrogens is 485 g/mol. The first-order valence-electron chi connectivity index (χ1n) is 12.5. The van der Waals surface area contributed by atoms with E-state index >= 15 is 0 Å². The van der Waals surface area contributed by atoms with Crippen LogP contribution < -0.4 is 16.0 Å². The van der Waals surface area contributed by atoms with Gasteiger partial charge in [-0.2, -0.15) is 5.10 Å². The van der Waals surface area contributed by atoms with Gasteiger partial charge in [0.05, 0.1) is 29.1 Å². The molecule has 10 nitrogen and oxygen atoms in total. The van der Waals surface area contributed by atoms with Gasteiger partial charge in [-0.1, -0.05) is 49.7 Å². The summed E-state index contributed by atoms with van der Waals surface area (Å²) in [6, 6.07) is 15.0. The number of nitrogens with zero attached hydrogens (tertiary/aromatic N) is 2. The lowest BCUT2D eigenvalue weighted by Gasteiger charge is -2.24. The van der Waals surface area contributed by atoms with Crippen molar-refractivity contribution in [3.05, 3.63) is 83.2 Å². The zero-order chi connectivity index (χ0) is 27.8. The van der Waals surface area contributed by atoms with E-state index in [1.807, 2.05) is 51.1 Å². The predicted molar refractivity (Wildman–Crippen MR) is 145 cm³/mol. The molecule has 0 unspecified atom stereocenters. The number of hydrogen-bond donors (Lipinski definition) is 5. The molecule has 0 saturated heterocycles. The topological polar surface area (TPSA) is 146 Å². The molecule has 1 heterocycles. The highest BCUT2D eigenvalue weighted by Gasteiger charge is 2.31. The molecule has 0 spiro atoms. The summed E-state index contributed by atoms with van der Waals surface area (Å²) in [5, 5.41) is 31.8. The van der Waals surface area contributed by atoms with Crippen molar-refractivity contribution in [2.75, 3.05) is 6.54 Å². The largest absolute Gasteiger partial charge is 0.475 e. The standard InChI is InChI=1S/C27H34BN5O5/c1-17(2)14-24(28(37)38)32-27(36)23(16-29-25(34)20-12-10-18(3)11-13-20)31-26(35)22-15-30-33(19(22)4)21-8-6-5-7-9-21/h5-13,15,17,23-24,37-38H,14,16H2,1-4H3,(H,29,34)(H,31,35)(H,32,36)/t23-,24-/m0/s1. The molecule has 1 aromatic heterocycles. The average molecular weight is 519 g/mol. The lowest BCUT2D eigenvalue weighted by molar-refractivity contribution is -0.123. The van der Waals surface area contributed by atoms with Crippen LogP contribution in [0.5, 0.6) is 0 Å². The number of rotatable bonds is 11. The average Bonchev–Trinajstić information content (AvgIpc) is 3.27. The number of carbonyl (C=O) groups is 3. The summed E-state index contributed by atoms with van der Waals surface area (Å²) in [5.74, 6) is -2.50. The van der Waals surface area contributed by atoms with Crippen LogP contribution in [0.25, 0.3) is 5.69 Å². The Bertz CT molecular complexity index is 1240. The van der Waals surface area contributed by atoms with E-state index in [0.717, 1.165) is 11.3 Å². The van der Waals surface area contributed by atoms with E-state index in [2.05, 4.69) is 21.0 Å². The summed E-state index contributed by atoms with van der Waals surface area (Å²) in [4.78, 5) is 39.1. The van der Waals surface area contributed by atoms with Gasteiger partial charge in [0.1, 0.15) is 6.04 Å². The Kier molecular flexibility index (Phi) is 9.81. The summed E-state index contributed by atoms with van der Waals surface area (Å²) in [5.41, 5.74) is 3.01. The van der Waals surface area contributed by atoms with E-state index in [0.29, 0.717) is 17.7 Å². The molecule has 2 atom stereocenters. The van der Waals surface area contributed by atoms with Gasteiger partial charge in [-0.05, 0) is 50.5 Å². The molecule has 3 aromatic rings. The minimum absolute atomic E-state index is 0.0721. The SMILES string of the molecule is Cc1ccc(C(=O)NC[C@H](NC(=O)c2cnn(-c3ccccc3)c2C)C(=O)N[C@@H](CC(C)C)B(O)O)cc1. The van der Waals surface area contributed by atoms with Crippen LogP contribution in [0.1, 0.15) is 52.2 Å². The van der Waals surface area contributed by atoms with Crippen molar-refractivity contribution >= 4 is 24.8 Å². The van der Waals surface area contributed by atoms with Gasteiger partial charge < -0.3 is 26.0 Å². The van der Waals surface area contributed by atoms with Crippen molar-refractivity contribution in [1.82, 2.24) is 25.7 Å². The lowest BCUT2D eigenvalue weighted by atomic mass is 9.75. The number of carbonyl (C=O) groups excluding carboxylic acids is 3. The van der Waals surface area contributed by atoms with Crippen molar-refractivity contribution in [3.63, 3.8) is 0 Å². The third-order valence-electron chi connectivity index (χ3n) is 6.07. The van der Waals surface area contributed by atoms with Crippen molar-refractivity contribution in [2.24, 2.45) is 5.92 Å². The van der Waals surface area contributed by atoms with Gasteiger partial charge in [0, 0.05) is 12.1 Å². The van der Waals surface area contributed by atoms with E-state index in [9.17, 15) is 24.4 Å². The lowest BCUT2D eigenvalue weighted by Crippen LogP contribution is -2.57. The Labute approximate surface area is 222 Å². The first kappa shape index (κ1) is 28.6. The molecule has 3 rings (SSSR count). The Morgan fingerprint density at radius 3 is 2.21 bits per heavy atom. The minimum Gasteiger partial charge on any atom is -0.426 e. The van der Waals surface area contributed by atoms with Crippen LogP contribution in [0, 0.1) is 19.8 Å². The van der Waals surface area contributed by atoms with Crippen molar-refractivity contribution in [1.29, 1.82) is 0 Å². The number of benzene rings is 2. The molecule has 2 aromatic carbocycles. The molecule has 5 N–H and O–H groups in total. The van der Waals surface area contributed by atoms with Gasteiger partial charge in [-0.25, -0.2) is 4.68 Å². The summed E-state index contributed by atoms with van der Waals surface area (Å²) in [6.07, 6.45) is 1.72. The second kappa shape index (κ2) is 13.0. The first-order chi connectivity index (χ1) is 18.1. The van der Waals surface area contributed by atoms with E-state index in [-0.39, 0.29) is 18.0 Å². The fourth-order valence-electron chi connectivity index (χ4n) is 3.96. The molecule has 0 aliphatic carbocycles. The zero-order valence-electron chi connectivity index (χ0n) is 22.0. The minimum atomic E-state index is -1.79. The predicted octanol–water partition coefficient (Wildman–Crippen LogP) is 1.56. The monoisotopic (exact) mass is 519 g/mol. The summed E-state index contributed by atoms with van der Waals surface area (Å²) in [7, 11) is -1.79. The number of aryl methyl sites for hydroxylation is 1. The molecule has 38 heavy (non-hydrogen) atoms. The third-order valence-corrected chi connectivity index (χ3v) is 6.07. The smallest absolute Gasteiger partial charge is 0.426 e. The fraction of sp³-hybridized carbons (Fsp3) is 0.333. The Morgan fingerprint density at radius 2 is 1.61 bits per heavy atom. The zero-order valence-corrected chi connectivity index (χ0v) is 22.0. The van der Waals surface area contributed by atoms with Crippen LogP contribution in [-0.4, -0.2) is 63.2 Å². The van der Waals surface area contributed by atoms with E-state index in [1.165, 1.54) is 6.20 Å². The van der Waals surface area contributed by atoms with Crippen LogP contribution in [0.4, 0.5) is 0 Å².